The van der Waals surface area contributed by atoms with Crippen LogP contribution in [0.25, 0.3) is 90.9 Å². The van der Waals surface area contributed by atoms with E-state index >= 15 is 17.6 Å². The van der Waals surface area contributed by atoms with Gasteiger partial charge in [0.05, 0.1) is 28.3 Å². The van der Waals surface area contributed by atoms with Crippen molar-refractivity contribution in [1.29, 1.82) is 0 Å². The zero-order valence-corrected chi connectivity index (χ0v) is 45.6. The van der Waals surface area contributed by atoms with E-state index in [-0.39, 0.29) is 17.0 Å². The molecule has 9 rings (SSSR count). The molecule has 362 valence electrons. The number of fused-ring (bicyclic) bond motifs is 8. The minimum atomic E-state index is -2.26. The van der Waals surface area contributed by atoms with Crippen LogP contribution in [0.3, 0.4) is 0 Å². The number of aromatic nitrogens is 4. The first-order valence-corrected chi connectivity index (χ1v) is 30.8. The summed E-state index contributed by atoms with van der Waals surface area (Å²) in [5.41, 5.74) is 17.2. The fraction of sp³-hybridized carbons (Fsp3) is 0.200. The molecule has 2 N–H and O–H groups in total. The maximum atomic E-state index is 16.1. The van der Waals surface area contributed by atoms with E-state index in [1.165, 1.54) is 12.2 Å². The monoisotopic (exact) mass is 1110 g/mol. The van der Waals surface area contributed by atoms with Crippen LogP contribution >= 0.6 is 22.6 Å². The largest absolute Gasteiger partial charge is 0.354 e. The Bertz CT molecular complexity index is 3620. The van der Waals surface area contributed by atoms with Crippen LogP contribution in [-0.2, 0) is 0 Å². The SMILES string of the molecule is CC(C)[Si](C#Cc1ccc(-c2c3ccc([nH]3)c(-c3ccc(I)cc3)c3nc(c(-c4c(F)c(F)c(F)c(F)c4F)c4nc(c(-c5ccc(C#C[Si](C)(C)C)cc5)c5ccc2[nH]5)C=C4)C=C3)cc1)(C(C)C)C(C)C. The number of H-pyrrole nitrogens is 2. The van der Waals surface area contributed by atoms with Gasteiger partial charge in [-0.05, 0) is 141 Å². The molecule has 2 aliphatic rings. The normalized spacial score (nSPS) is 12.4. The molecule has 72 heavy (non-hydrogen) atoms. The highest BCUT2D eigenvalue weighted by Gasteiger charge is 2.41. The van der Waals surface area contributed by atoms with E-state index < -0.39 is 50.8 Å². The van der Waals surface area contributed by atoms with Gasteiger partial charge < -0.3 is 9.97 Å². The summed E-state index contributed by atoms with van der Waals surface area (Å²) in [7, 11) is -3.69. The Balaban J connectivity index is 1.39. The van der Waals surface area contributed by atoms with Gasteiger partial charge in [0.1, 0.15) is 16.1 Å². The second-order valence-corrected chi connectivity index (χ2v) is 31.8. The number of rotatable bonds is 7. The molecule has 0 radical (unpaired) electrons. The Kier molecular flexibility index (Phi) is 13.8. The lowest BCUT2D eigenvalue weighted by Crippen LogP contribution is -2.43. The van der Waals surface area contributed by atoms with Gasteiger partial charge in [-0.2, -0.15) is 0 Å². The van der Waals surface area contributed by atoms with Gasteiger partial charge in [-0.1, -0.05) is 109 Å². The first kappa shape index (κ1) is 50.4. The average molecular weight is 1110 g/mol. The standard InChI is InChI=1S/C60H52F5IN4Si2/c1-34(2)72(35(3)4,36(5)6)33-31-38-12-16-40(17-13-38)51-43-22-23-45(67-43)52(39-14-10-37(11-15-39)30-32-71(7,8)9)47-26-28-49(69-47)54(55-56(61)58(63)60(65)59(64)57(55)62)50-29-27-48(70-50)53(46-25-24-44(51)68-46)41-18-20-42(66)21-19-41/h10-29,34-36,67-68H,1-9H3. The molecular formula is C60H52F5IN4Si2. The van der Waals surface area contributed by atoms with E-state index in [0.717, 1.165) is 48.0 Å². The van der Waals surface area contributed by atoms with Gasteiger partial charge in [-0.25, -0.2) is 31.9 Å². The minimum Gasteiger partial charge on any atom is -0.354 e. The van der Waals surface area contributed by atoms with Crippen LogP contribution in [0.15, 0.2) is 97.1 Å². The lowest BCUT2D eigenvalue weighted by molar-refractivity contribution is 0.381. The Morgan fingerprint density at radius 3 is 1.14 bits per heavy atom. The van der Waals surface area contributed by atoms with Crippen molar-refractivity contribution in [2.75, 3.05) is 0 Å². The number of nitrogens with zero attached hydrogens (tertiary/aromatic N) is 2. The lowest BCUT2D eigenvalue weighted by Gasteiger charge is -2.38. The van der Waals surface area contributed by atoms with Gasteiger partial charge in [0.2, 0.25) is 5.82 Å². The van der Waals surface area contributed by atoms with Crippen LogP contribution in [0, 0.1) is 55.6 Å². The highest BCUT2D eigenvalue weighted by Crippen LogP contribution is 2.43. The molecule has 0 spiro atoms. The summed E-state index contributed by atoms with van der Waals surface area (Å²) in [6, 6.07) is 31.8. The highest BCUT2D eigenvalue weighted by molar-refractivity contribution is 14.1. The van der Waals surface area contributed by atoms with Crippen molar-refractivity contribution in [3.8, 4) is 67.4 Å². The molecule has 5 heterocycles. The molecule has 12 heteroatoms. The summed E-state index contributed by atoms with van der Waals surface area (Å²) in [6.45, 7) is 20.4. The Morgan fingerprint density at radius 1 is 0.417 bits per heavy atom. The smallest absolute Gasteiger partial charge is 0.200 e. The lowest BCUT2D eigenvalue weighted by atomic mass is 10.00. The van der Waals surface area contributed by atoms with Gasteiger partial charge in [0.15, 0.2) is 23.3 Å². The average Bonchev–Trinajstić information content (AvgIpc) is 4.20. The summed E-state index contributed by atoms with van der Waals surface area (Å²) >= 11 is 2.23. The molecule has 0 fully saturated rings. The number of aromatic amines is 2. The topological polar surface area (TPSA) is 57.4 Å². The van der Waals surface area contributed by atoms with Gasteiger partial charge in [0.25, 0.3) is 0 Å². The van der Waals surface area contributed by atoms with Crippen molar-refractivity contribution in [3.63, 3.8) is 0 Å². The Labute approximate surface area is 433 Å². The van der Waals surface area contributed by atoms with Gasteiger partial charge in [-0.3, -0.25) is 0 Å². The maximum Gasteiger partial charge on any atom is 0.200 e. The second kappa shape index (κ2) is 19.8. The number of hydrogen-bond donors (Lipinski definition) is 2. The molecule has 8 bridgehead atoms. The van der Waals surface area contributed by atoms with Crippen molar-refractivity contribution >= 4 is 85.1 Å². The molecule has 0 atom stereocenters. The van der Waals surface area contributed by atoms with Crippen molar-refractivity contribution in [1.82, 2.24) is 19.9 Å². The van der Waals surface area contributed by atoms with Crippen LogP contribution in [0.2, 0.25) is 36.3 Å². The van der Waals surface area contributed by atoms with Crippen molar-refractivity contribution in [2.24, 2.45) is 0 Å². The van der Waals surface area contributed by atoms with Crippen LogP contribution in [-0.4, -0.2) is 36.1 Å². The number of halogens is 6. The molecule has 4 aromatic carbocycles. The third-order valence-corrected chi connectivity index (χ3v) is 21.4. The molecule has 3 aromatic heterocycles. The predicted molar refractivity (Wildman–Crippen MR) is 301 cm³/mol. The maximum absolute atomic E-state index is 16.1. The molecule has 0 saturated carbocycles. The Morgan fingerprint density at radius 2 is 0.750 bits per heavy atom. The Hall–Kier alpha value is -6.59. The third-order valence-electron chi connectivity index (χ3n) is 13.6. The van der Waals surface area contributed by atoms with Crippen LogP contribution < -0.4 is 0 Å². The fourth-order valence-electron chi connectivity index (χ4n) is 10.1. The molecule has 0 aliphatic carbocycles. The number of hydrogen-bond acceptors (Lipinski definition) is 2. The van der Waals surface area contributed by atoms with Gasteiger partial charge >= 0.3 is 0 Å². The van der Waals surface area contributed by atoms with E-state index in [1.54, 1.807) is 12.2 Å². The molecule has 0 saturated heterocycles. The quantitative estimate of drug-likeness (QED) is 0.0417. The molecule has 2 aliphatic heterocycles. The van der Waals surface area contributed by atoms with Gasteiger partial charge in [0, 0.05) is 59.0 Å². The molecule has 7 aromatic rings. The zero-order chi connectivity index (χ0) is 51.4. The molecular weight excluding hydrogens is 1050 g/mol. The van der Waals surface area contributed by atoms with E-state index in [0.29, 0.717) is 50.2 Å². The van der Waals surface area contributed by atoms with Crippen LogP contribution in [0.1, 0.15) is 75.4 Å². The van der Waals surface area contributed by atoms with Crippen molar-refractivity contribution in [2.45, 2.75) is 77.8 Å². The fourth-order valence-corrected chi connectivity index (χ4v) is 16.2. The molecule has 4 nitrogen and oxygen atoms in total. The first-order chi connectivity index (χ1) is 34.2. The van der Waals surface area contributed by atoms with Crippen LogP contribution in [0.4, 0.5) is 22.0 Å². The number of nitrogens with one attached hydrogen (secondary N) is 2. The minimum absolute atomic E-state index is 0.0423. The van der Waals surface area contributed by atoms with E-state index in [4.69, 9.17) is 9.97 Å². The molecule has 0 unspecified atom stereocenters. The first-order valence-electron chi connectivity index (χ1n) is 24.0. The summed E-state index contributed by atoms with van der Waals surface area (Å²) in [5.74, 6) is -3.47. The number of benzene rings is 4. The van der Waals surface area contributed by atoms with E-state index in [9.17, 15) is 4.39 Å². The summed E-state index contributed by atoms with van der Waals surface area (Å²) in [4.78, 5) is 17.3. The summed E-state index contributed by atoms with van der Waals surface area (Å²) in [6.07, 6.45) is 6.40. The van der Waals surface area contributed by atoms with Crippen molar-refractivity contribution in [3.05, 3.63) is 164 Å². The summed E-state index contributed by atoms with van der Waals surface area (Å²) in [5, 5.41) is 0. The summed E-state index contributed by atoms with van der Waals surface area (Å²) < 4.78 is 78.3. The predicted octanol–water partition coefficient (Wildman–Crippen LogP) is 17.4. The third kappa shape index (κ3) is 9.48. The molecule has 0 amide bonds. The zero-order valence-electron chi connectivity index (χ0n) is 41.4. The van der Waals surface area contributed by atoms with Crippen LogP contribution in [0.5, 0.6) is 0 Å². The highest BCUT2D eigenvalue weighted by atomic mass is 127. The van der Waals surface area contributed by atoms with Crippen molar-refractivity contribution < 1.29 is 22.0 Å². The van der Waals surface area contributed by atoms with E-state index in [2.05, 4.69) is 141 Å². The van der Waals surface area contributed by atoms with E-state index in [1.807, 2.05) is 72.8 Å². The van der Waals surface area contributed by atoms with Gasteiger partial charge in [-0.15, -0.1) is 11.1 Å². The second-order valence-electron chi connectivity index (χ2n) is 20.3.